The van der Waals surface area contributed by atoms with Crippen LogP contribution >= 0.6 is 11.8 Å². The Morgan fingerprint density at radius 2 is 1.97 bits per heavy atom. The van der Waals surface area contributed by atoms with E-state index >= 15 is 0 Å². The van der Waals surface area contributed by atoms with Crippen LogP contribution in [0.5, 0.6) is 0 Å². The van der Waals surface area contributed by atoms with Gasteiger partial charge in [-0.25, -0.2) is 4.79 Å². The fourth-order valence-electron chi connectivity index (χ4n) is 4.08. The van der Waals surface area contributed by atoms with E-state index in [1.165, 1.54) is 11.8 Å². The van der Waals surface area contributed by atoms with E-state index in [9.17, 15) is 9.59 Å². The molecule has 2 aromatic heterocycles. The van der Waals surface area contributed by atoms with Gasteiger partial charge in [0.1, 0.15) is 10.8 Å². The molecule has 0 saturated heterocycles. The number of aromatic nitrogens is 2. The standard InChI is InChI=1S/C24H21N3O3S/c28-22(25-20-11-3-7-16-6-1-2-9-18(16)20)15-31-23-19-10-4-12-21(19)27(24(29)26-23)14-17-8-5-13-30-17/h1-3,5-9,11,13H,4,10,12,14-15H2,(H,25,28). The average Bonchev–Trinajstić information content (AvgIpc) is 3.47. The summed E-state index contributed by atoms with van der Waals surface area (Å²) in [5, 5.41) is 5.74. The van der Waals surface area contributed by atoms with Gasteiger partial charge < -0.3 is 9.73 Å². The molecule has 6 nitrogen and oxygen atoms in total. The molecule has 4 aromatic rings. The number of hydrogen-bond acceptors (Lipinski definition) is 5. The summed E-state index contributed by atoms with van der Waals surface area (Å²) in [6, 6.07) is 17.5. The predicted octanol–water partition coefficient (Wildman–Crippen LogP) is 4.26. The molecule has 5 rings (SSSR count). The number of benzene rings is 2. The summed E-state index contributed by atoms with van der Waals surface area (Å²) < 4.78 is 7.10. The SMILES string of the molecule is O=C(CSc1nc(=O)n(Cc2ccco2)c2c1CCC2)Nc1cccc2ccccc12. The molecule has 0 saturated carbocycles. The van der Waals surface area contributed by atoms with Crippen molar-refractivity contribution >= 4 is 34.1 Å². The number of anilines is 1. The summed E-state index contributed by atoms with van der Waals surface area (Å²) in [6.07, 6.45) is 4.29. The summed E-state index contributed by atoms with van der Waals surface area (Å²) in [5.41, 5.74) is 2.58. The summed E-state index contributed by atoms with van der Waals surface area (Å²) in [6.45, 7) is 0.383. The van der Waals surface area contributed by atoms with Crippen molar-refractivity contribution in [3.63, 3.8) is 0 Å². The summed E-state index contributed by atoms with van der Waals surface area (Å²) in [4.78, 5) is 29.6. The molecule has 0 atom stereocenters. The van der Waals surface area contributed by atoms with Gasteiger partial charge in [-0.3, -0.25) is 9.36 Å². The molecule has 2 heterocycles. The quantitative estimate of drug-likeness (QED) is 0.365. The number of carbonyl (C=O) groups is 1. The number of hydrogen-bond donors (Lipinski definition) is 1. The Bertz CT molecular complexity index is 1310. The monoisotopic (exact) mass is 431 g/mol. The lowest BCUT2D eigenvalue weighted by Gasteiger charge is -2.13. The average molecular weight is 432 g/mol. The van der Waals surface area contributed by atoms with E-state index in [4.69, 9.17) is 4.42 Å². The van der Waals surface area contributed by atoms with Gasteiger partial charge in [-0.05, 0) is 42.8 Å². The smallest absolute Gasteiger partial charge is 0.349 e. The van der Waals surface area contributed by atoms with Gasteiger partial charge in [0, 0.05) is 22.3 Å². The number of nitrogens with one attached hydrogen (secondary N) is 1. The van der Waals surface area contributed by atoms with Crippen molar-refractivity contribution in [3.05, 3.63) is 88.4 Å². The van der Waals surface area contributed by atoms with Crippen molar-refractivity contribution in [1.29, 1.82) is 0 Å². The molecule has 7 heteroatoms. The first-order valence-electron chi connectivity index (χ1n) is 10.2. The van der Waals surface area contributed by atoms with Gasteiger partial charge in [0.25, 0.3) is 0 Å². The molecule has 1 N–H and O–H groups in total. The van der Waals surface area contributed by atoms with Crippen molar-refractivity contribution < 1.29 is 9.21 Å². The summed E-state index contributed by atoms with van der Waals surface area (Å²) >= 11 is 1.33. The molecule has 0 unspecified atom stereocenters. The molecule has 0 fully saturated rings. The van der Waals surface area contributed by atoms with E-state index < -0.39 is 0 Å². The minimum atomic E-state index is -0.297. The Kier molecular flexibility index (Phi) is 5.34. The second-order valence-electron chi connectivity index (χ2n) is 7.51. The zero-order valence-corrected chi connectivity index (χ0v) is 17.7. The number of carbonyl (C=O) groups excluding carboxylic acids is 1. The molecular formula is C24H21N3O3S. The highest BCUT2D eigenvalue weighted by atomic mass is 32.2. The maximum atomic E-state index is 12.7. The van der Waals surface area contributed by atoms with Crippen molar-refractivity contribution in [1.82, 2.24) is 9.55 Å². The van der Waals surface area contributed by atoms with Gasteiger partial charge in [0.15, 0.2) is 0 Å². The fourth-order valence-corrected chi connectivity index (χ4v) is 4.96. The zero-order valence-electron chi connectivity index (χ0n) is 16.8. The van der Waals surface area contributed by atoms with Crippen LogP contribution in [0.1, 0.15) is 23.4 Å². The van der Waals surface area contributed by atoms with Gasteiger partial charge in [-0.2, -0.15) is 4.98 Å². The van der Waals surface area contributed by atoms with Crippen LogP contribution in [0.4, 0.5) is 5.69 Å². The molecule has 0 radical (unpaired) electrons. The van der Waals surface area contributed by atoms with E-state index in [1.807, 2.05) is 54.6 Å². The van der Waals surface area contributed by atoms with Crippen molar-refractivity contribution in [2.45, 2.75) is 30.8 Å². The van der Waals surface area contributed by atoms with Gasteiger partial charge in [-0.15, -0.1) is 0 Å². The third-order valence-electron chi connectivity index (χ3n) is 5.50. The van der Waals surface area contributed by atoms with Crippen molar-refractivity contribution in [2.24, 2.45) is 0 Å². The number of rotatable bonds is 6. The number of thioether (sulfide) groups is 1. The second kappa shape index (κ2) is 8.43. The van der Waals surface area contributed by atoms with Gasteiger partial charge in [-0.1, -0.05) is 48.2 Å². The number of furan rings is 1. The second-order valence-corrected chi connectivity index (χ2v) is 8.47. The molecule has 156 valence electrons. The Labute approximate surface area is 183 Å². The normalized spacial score (nSPS) is 12.8. The lowest BCUT2D eigenvalue weighted by molar-refractivity contribution is -0.113. The number of fused-ring (bicyclic) bond motifs is 2. The van der Waals surface area contributed by atoms with E-state index in [-0.39, 0.29) is 17.3 Å². The minimum absolute atomic E-state index is 0.116. The molecule has 1 aliphatic rings. The molecule has 1 aliphatic carbocycles. The molecule has 0 aliphatic heterocycles. The van der Waals surface area contributed by atoms with Gasteiger partial charge in [0.05, 0.1) is 18.6 Å². The van der Waals surface area contributed by atoms with Crippen LogP contribution in [0.15, 0.2) is 75.1 Å². The molecule has 1 amide bonds. The minimum Gasteiger partial charge on any atom is -0.467 e. The molecule has 2 aromatic carbocycles. The van der Waals surface area contributed by atoms with Crippen LogP contribution in [0.3, 0.4) is 0 Å². The van der Waals surface area contributed by atoms with Crippen LogP contribution in [-0.2, 0) is 24.2 Å². The van der Waals surface area contributed by atoms with Crippen LogP contribution in [-0.4, -0.2) is 21.2 Å². The van der Waals surface area contributed by atoms with Crippen LogP contribution in [0.2, 0.25) is 0 Å². The van der Waals surface area contributed by atoms with Gasteiger partial charge in [0.2, 0.25) is 5.91 Å². The Hall–Kier alpha value is -3.32. The first-order valence-corrected chi connectivity index (χ1v) is 11.2. The zero-order chi connectivity index (χ0) is 21.2. The highest BCUT2D eigenvalue weighted by Gasteiger charge is 2.23. The van der Waals surface area contributed by atoms with Crippen LogP contribution in [0, 0.1) is 0 Å². The lowest BCUT2D eigenvalue weighted by atomic mass is 10.1. The maximum absolute atomic E-state index is 12.7. The van der Waals surface area contributed by atoms with E-state index in [0.717, 1.165) is 52.7 Å². The summed E-state index contributed by atoms with van der Waals surface area (Å²) in [5.74, 6) is 0.812. The molecular weight excluding hydrogens is 410 g/mol. The van der Waals surface area contributed by atoms with Crippen LogP contribution in [0.25, 0.3) is 10.8 Å². The maximum Gasteiger partial charge on any atom is 0.349 e. The number of amides is 1. The van der Waals surface area contributed by atoms with Gasteiger partial charge >= 0.3 is 5.69 Å². The molecule has 31 heavy (non-hydrogen) atoms. The molecule has 0 bridgehead atoms. The Morgan fingerprint density at radius 3 is 2.84 bits per heavy atom. The highest BCUT2D eigenvalue weighted by molar-refractivity contribution is 8.00. The number of nitrogens with zero attached hydrogens (tertiary/aromatic N) is 2. The van der Waals surface area contributed by atoms with E-state index in [1.54, 1.807) is 10.8 Å². The van der Waals surface area contributed by atoms with E-state index in [2.05, 4.69) is 10.3 Å². The lowest BCUT2D eigenvalue weighted by Crippen LogP contribution is -2.28. The van der Waals surface area contributed by atoms with Crippen LogP contribution < -0.4 is 11.0 Å². The largest absolute Gasteiger partial charge is 0.467 e. The highest BCUT2D eigenvalue weighted by Crippen LogP contribution is 2.30. The summed E-state index contributed by atoms with van der Waals surface area (Å²) in [7, 11) is 0. The molecule has 0 spiro atoms. The van der Waals surface area contributed by atoms with Crippen molar-refractivity contribution in [2.75, 3.05) is 11.1 Å². The van der Waals surface area contributed by atoms with Crippen molar-refractivity contribution in [3.8, 4) is 0 Å². The fraction of sp³-hybridized carbons (Fsp3) is 0.208. The first-order chi connectivity index (χ1) is 15.2. The topological polar surface area (TPSA) is 77.1 Å². The third kappa shape index (κ3) is 4.01. The Morgan fingerprint density at radius 1 is 1.10 bits per heavy atom. The third-order valence-corrected chi connectivity index (χ3v) is 6.52. The predicted molar refractivity (Wildman–Crippen MR) is 122 cm³/mol. The Balaban J connectivity index is 1.33. The van der Waals surface area contributed by atoms with E-state index in [0.29, 0.717) is 11.6 Å². The first kappa shape index (κ1) is 19.6.